The second-order valence-corrected chi connectivity index (χ2v) is 5.65. The lowest BCUT2D eigenvalue weighted by Crippen LogP contribution is -2.38. The van der Waals surface area contributed by atoms with Gasteiger partial charge in [-0.15, -0.1) is 0 Å². The van der Waals surface area contributed by atoms with Gasteiger partial charge in [0, 0.05) is 19.7 Å². The van der Waals surface area contributed by atoms with E-state index in [-0.39, 0.29) is 12.0 Å². The maximum absolute atomic E-state index is 12.3. The molecule has 5 heteroatoms. The molecule has 3 rings (SSSR count). The highest BCUT2D eigenvalue weighted by molar-refractivity contribution is 5.90. The Kier molecular flexibility index (Phi) is 3.92. The van der Waals surface area contributed by atoms with Gasteiger partial charge in [-0.25, -0.2) is 4.79 Å². The molecule has 0 saturated carbocycles. The van der Waals surface area contributed by atoms with Crippen LogP contribution in [0.25, 0.3) is 0 Å². The van der Waals surface area contributed by atoms with Gasteiger partial charge in [0.2, 0.25) is 5.91 Å². The number of carboxylic acid groups (broad SMARTS) is 1. The minimum atomic E-state index is -0.897. The summed E-state index contributed by atoms with van der Waals surface area (Å²) in [6.45, 7) is 1.84. The maximum atomic E-state index is 12.3. The van der Waals surface area contributed by atoms with E-state index in [9.17, 15) is 14.7 Å². The van der Waals surface area contributed by atoms with Gasteiger partial charge >= 0.3 is 5.97 Å². The summed E-state index contributed by atoms with van der Waals surface area (Å²) < 4.78 is 5.51. The van der Waals surface area contributed by atoms with E-state index in [1.54, 1.807) is 12.1 Å². The molecule has 112 valence electrons. The molecular formula is C16H19NO4. The van der Waals surface area contributed by atoms with Crippen LogP contribution in [0.15, 0.2) is 18.2 Å². The average molecular weight is 289 g/mol. The summed E-state index contributed by atoms with van der Waals surface area (Å²) in [5, 5.41) is 9.21. The van der Waals surface area contributed by atoms with Gasteiger partial charge in [0.1, 0.15) is 0 Å². The number of nitrogens with zero attached hydrogens (tertiary/aromatic N) is 1. The van der Waals surface area contributed by atoms with Gasteiger partial charge in [0.05, 0.1) is 18.1 Å². The lowest BCUT2D eigenvalue weighted by atomic mass is 9.94. The Labute approximate surface area is 123 Å². The Balaban J connectivity index is 1.71. The maximum Gasteiger partial charge on any atom is 0.335 e. The number of carbonyl (C=O) groups excluding carboxylic acids is 1. The second-order valence-electron chi connectivity index (χ2n) is 5.65. The monoisotopic (exact) mass is 289 g/mol. The van der Waals surface area contributed by atoms with E-state index in [1.165, 1.54) is 0 Å². The molecule has 1 N–H and O–H groups in total. The van der Waals surface area contributed by atoms with Gasteiger partial charge in [-0.1, -0.05) is 12.1 Å². The van der Waals surface area contributed by atoms with Crippen molar-refractivity contribution < 1.29 is 19.4 Å². The third-order valence-corrected chi connectivity index (χ3v) is 4.28. The number of fused-ring (bicyclic) bond motifs is 1. The highest BCUT2D eigenvalue weighted by Gasteiger charge is 2.27. The molecule has 0 radical (unpaired) electrons. The molecule has 1 atom stereocenters. The van der Waals surface area contributed by atoms with Crippen molar-refractivity contribution in [2.24, 2.45) is 0 Å². The van der Waals surface area contributed by atoms with E-state index >= 15 is 0 Å². The number of carboxylic acids is 1. The second kappa shape index (κ2) is 5.85. The first-order valence-corrected chi connectivity index (χ1v) is 7.38. The Bertz CT molecular complexity index is 563. The predicted molar refractivity (Wildman–Crippen MR) is 76.1 cm³/mol. The predicted octanol–water partition coefficient (Wildman–Crippen LogP) is 1.84. The van der Waals surface area contributed by atoms with Crippen LogP contribution in [0.1, 0.15) is 40.7 Å². The first-order chi connectivity index (χ1) is 10.1. The van der Waals surface area contributed by atoms with Gasteiger partial charge in [-0.05, 0) is 36.5 Å². The van der Waals surface area contributed by atoms with Crippen LogP contribution in [0.3, 0.4) is 0 Å². The largest absolute Gasteiger partial charge is 0.478 e. The average Bonchev–Trinajstić information content (AvgIpc) is 2.98. The zero-order valence-electron chi connectivity index (χ0n) is 11.9. The highest BCUT2D eigenvalue weighted by atomic mass is 16.5. The van der Waals surface area contributed by atoms with Crippen molar-refractivity contribution in [3.63, 3.8) is 0 Å². The Morgan fingerprint density at radius 1 is 1.38 bits per heavy atom. The quantitative estimate of drug-likeness (QED) is 0.922. The van der Waals surface area contributed by atoms with Crippen molar-refractivity contribution >= 4 is 11.9 Å². The molecule has 1 aromatic carbocycles. The summed E-state index contributed by atoms with van der Waals surface area (Å²) in [6, 6.07) is 5.29. The molecule has 0 aliphatic carbocycles. The number of carbonyl (C=O) groups is 2. The van der Waals surface area contributed by atoms with Crippen molar-refractivity contribution in [2.75, 3.05) is 13.2 Å². The van der Waals surface area contributed by atoms with Gasteiger partial charge in [0.25, 0.3) is 0 Å². The lowest BCUT2D eigenvalue weighted by Gasteiger charge is -2.30. The van der Waals surface area contributed by atoms with Crippen molar-refractivity contribution in [2.45, 2.75) is 38.3 Å². The third kappa shape index (κ3) is 2.93. The molecule has 21 heavy (non-hydrogen) atoms. The van der Waals surface area contributed by atoms with Crippen molar-refractivity contribution in [1.29, 1.82) is 0 Å². The fraction of sp³-hybridized carbons (Fsp3) is 0.500. The molecule has 0 bridgehead atoms. The van der Waals surface area contributed by atoms with Crippen LogP contribution in [0.2, 0.25) is 0 Å². The number of hydrogen-bond acceptors (Lipinski definition) is 3. The van der Waals surface area contributed by atoms with Crippen LogP contribution in [0, 0.1) is 0 Å². The fourth-order valence-corrected chi connectivity index (χ4v) is 3.15. The Morgan fingerprint density at radius 3 is 2.95 bits per heavy atom. The highest BCUT2D eigenvalue weighted by Crippen LogP contribution is 2.24. The number of ether oxygens (including phenoxy) is 1. The van der Waals surface area contributed by atoms with E-state index in [0.29, 0.717) is 31.5 Å². The topological polar surface area (TPSA) is 66.8 Å². The van der Waals surface area contributed by atoms with Crippen LogP contribution in [0.4, 0.5) is 0 Å². The van der Waals surface area contributed by atoms with Crippen LogP contribution in [-0.2, 0) is 22.5 Å². The van der Waals surface area contributed by atoms with Crippen LogP contribution in [0.5, 0.6) is 0 Å². The smallest absolute Gasteiger partial charge is 0.335 e. The van der Waals surface area contributed by atoms with Gasteiger partial charge < -0.3 is 14.7 Å². The molecule has 0 aromatic heterocycles. The van der Waals surface area contributed by atoms with Gasteiger partial charge in [-0.2, -0.15) is 0 Å². The zero-order valence-corrected chi connectivity index (χ0v) is 11.9. The van der Waals surface area contributed by atoms with Crippen LogP contribution in [-0.4, -0.2) is 41.1 Å². The standard InChI is InChI=1S/C16H19NO4/c18-15(9-12-4-2-8-21-12)17-7-6-13-11(10-17)3-1-5-14(13)16(19)20/h1,3,5,12H,2,4,6-10H2,(H,19,20). The zero-order chi connectivity index (χ0) is 14.8. The van der Waals surface area contributed by atoms with Crippen LogP contribution < -0.4 is 0 Å². The Hall–Kier alpha value is -1.88. The minimum Gasteiger partial charge on any atom is -0.478 e. The number of benzene rings is 1. The van der Waals surface area contributed by atoms with E-state index in [0.717, 1.165) is 30.6 Å². The SMILES string of the molecule is O=C(O)c1cccc2c1CCN(C(=O)CC1CCCO1)C2. The van der Waals surface area contributed by atoms with Crippen molar-refractivity contribution in [3.8, 4) is 0 Å². The molecule has 2 aliphatic rings. The number of aromatic carboxylic acids is 1. The van der Waals surface area contributed by atoms with E-state index < -0.39 is 5.97 Å². The molecule has 2 heterocycles. The van der Waals surface area contributed by atoms with Crippen LogP contribution >= 0.6 is 0 Å². The Morgan fingerprint density at radius 2 is 2.24 bits per heavy atom. The molecular weight excluding hydrogens is 270 g/mol. The third-order valence-electron chi connectivity index (χ3n) is 4.28. The molecule has 1 saturated heterocycles. The minimum absolute atomic E-state index is 0.0595. The normalized spacial score (nSPS) is 21.1. The molecule has 1 amide bonds. The van der Waals surface area contributed by atoms with E-state index in [2.05, 4.69) is 0 Å². The number of rotatable bonds is 3. The van der Waals surface area contributed by atoms with E-state index in [1.807, 2.05) is 11.0 Å². The summed E-state index contributed by atoms with van der Waals surface area (Å²) in [4.78, 5) is 25.3. The molecule has 1 unspecified atom stereocenters. The van der Waals surface area contributed by atoms with Crippen molar-refractivity contribution in [3.05, 3.63) is 34.9 Å². The fourth-order valence-electron chi connectivity index (χ4n) is 3.15. The van der Waals surface area contributed by atoms with E-state index in [4.69, 9.17) is 4.74 Å². The number of amides is 1. The molecule has 1 aromatic rings. The first kappa shape index (κ1) is 14.1. The molecule has 2 aliphatic heterocycles. The summed E-state index contributed by atoms with van der Waals surface area (Å²) >= 11 is 0. The van der Waals surface area contributed by atoms with Gasteiger partial charge in [0.15, 0.2) is 0 Å². The molecule has 5 nitrogen and oxygen atoms in total. The summed E-state index contributed by atoms with van der Waals surface area (Å²) in [5.74, 6) is -0.792. The number of hydrogen-bond donors (Lipinski definition) is 1. The van der Waals surface area contributed by atoms with Crippen molar-refractivity contribution in [1.82, 2.24) is 4.90 Å². The summed E-state index contributed by atoms with van der Waals surface area (Å²) in [6.07, 6.45) is 3.09. The summed E-state index contributed by atoms with van der Waals surface area (Å²) in [5.41, 5.74) is 2.17. The summed E-state index contributed by atoms with van der Waals surface area (Å²) in [7, 11) is 0. The van der Waals surface area contributed by atoms with Gasteiger partial charge in [-0.3, -0.25) is 4.79 Å². The molecule has 1 fully saturated rings. The first-order valence-electron chi connectivity index (χ1n) is 7.38. The lowest BCUT2D eigenvalue weighted by molar-refractivity contribution is -0.134. The molecule has 0 spiro atoms.